The second-order valence-corrected chi connectivity index (χ2v) is 5.90. The first-order valence-electron chi connectivity index (χ1n) is 6.85. The Bertz CT molecular complexity index is 178. The maximum atomic E-state index is 5.10. The lowest BCUT2D eigenvalue weighted by Crippen LogP contribution is -2.46. The van der Waals surface area contributed by atoms with Gasteiger partial charge < -0.3 is 15.0 Å². The Morgan fingerprint density at radius 1 is 1.29 bits per heavy atom. The van der Waals surface area contributed by atoms with Crippen LogP contribution in [0.15, 0.2) is 0 Å². The Morgan fingerprint density at radius 3 is 2.41 bits per heavy atom. The number of ether oxygens (including phenoxy) is 1. The van der Waals surface area contributed by atoms with Gasteiger partial charge >= 0.3 is 0 Å². The zero-order valence-corrected chi connectivity index (χ0v) is 12.7. The van der Waals surface area contributed by atoms with E-state index < -0.39 is 0 Å². The lowest BCUT2D eigenvalue weighted by molar-refractivity contribution is 0.157. The SMILES string of the molecule is CCCC(CNC(C)(C)C)N(C)CCCOC. The summed E-state index contributed by atoms with van der Waals surface area (Å²) < 4.78 is 5.10. The van der Waals surface area contributed by atoms with Gasteiger partial charge in [0.25, 0.3) is 0 Å². The van der Waals surface area contributed by atoms with E-state index in [1.165, 1.54) is 12.8 Å². The molecule has 0 rings (SSSR count). The average molecular weight is 244 g/mol. The highest BCUT2D eigenvalue weighted by Gasteiger charge is 2.16. The standard InChI is InChI=1S/C14H32N2O/c1-7-9-13(12-15-14(2,3)4)16(5)10-8-11-17-6/h13,15H,7-12H2,1-6H3. The highest BCUT2D eigenvalue weighted by Crippen LogP contribution is 2.07. The first kappa shape index (κ1) is 16.9. The summed E-state index contributed by atoms with van der Waals surface area (Å²) in [6, 6.07) is 0.635. The minimum atomic E-state index is 0.208. The molecule has 0 radical (unpaired) electrons. The summed E-state index contributed by atoms with van der Waals surface area (Å²) in [4.78, 5) is 2.46. The molecule has 1 atom stereocenters. The van der Waals surface area contributed by atoms with E-state index in [1.807, 2.05) is 0 Å². The molecule has 0 amide bonds. The summed E-state index contributed by atoms with van der Waals surface area (Å²) >= 11 is 0. The van der Waals surface area contributed by atoms with E-state index in [9.17, 15) is 0 Å². The van der Waals surface area contributed by atoms with Gasteiger partial charge in [0, 0.05) is 38.4 Å². The van der Waals surface area contributed by atoms with Gasteiger partial charge in [-0.2, -0.15) is 0 Å². The molecule has 104 valence electrons. The van der Waals surface area contributed by atoms with Gasteiger partial charge in [-0.25, -0.2) is 0 Å². The topological polar surface area (TPSA) is 24.5 Å². The number of hydrogen-bond donors (Lipinski definition) is 1. The van der Waals surface area contributed by atoms with Crippen molar-refractivity contribution in [1.29, 1.82) is 0 Å². The van der Waals surface area contributed by atoms with E-state index in [0.29, 0.717) is 6.04 Å². The van der Waals surface area contributed by atoms with Crippen LogP contribution in [0.5, 0.6) is 0 Å². The summed E-state index contributed by atoms with van der Waals surface area (Å²) in [6.45, 7) is 12.0. The van der Waals surface area contributed by atoms with Gasteiger partial charge in [0.15, 0.2) is 0 Å². The molecule has 1 N–H and O–H groups in total. The molecule has 0 fully saturated rings. The Labute approximate surface area is 108 Å². The van der Waals surface area contributed by atoms with Crippen LogP contribution in [0.2, 0.25) is 0 Å². The molecule has 0 bridgehead atoms. The van der Waals surface area contributed by atoms with Gasteiger partial charge in [-0.15, -0.1) is 0 Å². The van der Waals surface area contributed by atoms with Crippen LogP contribution >= 0.6 is 0 Å². The van der Waals surface area contributed by atoms with Crippen LogP contribution < -0.4 is 5.32 Å². The second-order valence-electron chi connectivity index (χ2n) is 5.90. The molecule has 0 aliphatic heterocycles. The van der Waals surface area contributed by atoms with E-state index in [-0.39, 0.29) is 5.54 Å². The minimum absolute atomic E-state index is 0.208. The predicted octanol–water partition coefficient (Wildman–Crippen LogP) is 2.51. The van der Waals surface area contributed by atoms with Crippen molar-refractivity contribution in [2.24, 2.45) is 0 Å². The minimum Gasteiger partial charge on any atom is -0.385 e. The molecule has 0 heterocycles. The van der Waals surface area contributed by atoms with Crippen LogP contribution in [-0.4, -0.2) is 50.3 Å². The molecular formula is C14H32N2O. The van der Waals surface area contributed by atoms with Crippen molar-refractivity contribution in [3.8, 4) is 0 Å². The summed E-state index contributed by atoms with van der Waals surface area (Å²) in [7, 11) is 3.99. The fraction of sp³-hybridized carbons (Fsp3) is 1.00. The van der Waals surface area contributed by atoms with E-state index in [2.05, 4.69) is 45.0 Å². The molecule has 0 aromatic heterocycles. The molecule has 3 heteroatoms. The van der Waals surface area contributed by atoms with Crippen LogP contribution in [0.3, 0.4) is 0 Å². The molecule has 0 saturated carbocycles. The number of nitrogens with zero attached hydrogens (tertiary/aromatic N) is 1. The van der Waals surface area contributed by atoms with Crippen LogP contribution in [0.1, 0.15) is 47.0 Å². The third kappa shape index (κ3) is 9.57. The maximum Gasteiger partial charge on any atom is 0.0474 e. The number of nitrogens with one attached hydrogen (secondary N) is 1. The number of methoxy groups -OCH3 is 1. The van der Waals surface area contributed by atoms with Crippen molar-refractivity contribution in [3.63, 3.8) is 0 Å². The van der Waals surface area contributed by atoms with E-state index in [4.69, 9.17) is 4.74 Å². The normalized spacial score (nSPS) is 14.3. The molecule has 0 aliphatic rings. The number of likely N-dealkylation sites (N-methyl/N-ethyl adjacent to an activating group) is 1. The summed E-state index contributed by atoms with van der Waals surface area (Å²) in [5, 5.41) is 3.61. The van der Waals surface area contributed by atoms with Crippen molar-refractivity contribution < 1.29 is 4.74 Å². The first-order chi connectivity index (χ1) is 7.90. The Balaban J connectivity index is 4.02. The highest BCUT2D eigenvalue weighted by atomic mass is 16.5. The molecule has 0 aromatic rings. The zero-order chi connectivity index (χ0) is 13.3. The van der Waals surface area contributed by atoms with Gasteiger partial charge in [0.2, 0.25) is 0 Å². The lowest BCUT2D eigenvalue weighted by Gasteiger charge is -2.31. The Kier molecular flexibility index (Phi) is 8.83. The molecule has 0 aromatic carbocycles. The van der Waals surface area contributed by atoms with Crippen molar-refractivity contribution in [3.05, 3.63) is 0 Å². The molecule has 17 heavy (non-hydrogen) atoms. The molecule has 1 unspecified atom stereocenters. The number of hydrogen-bond acceptors (Lipinski definition) is 3. The van der Waals surface area contributed by atoms with Crippen LogP contribution in [0.4, 0.5) is 0 Å². The lowest BCUT2D eigenvalue weighted by atomic mass is 10.1. The monoisotopic (exact) mass is 244 g/mol. The Morgan fingerprint density at radius 2 is 1.94 bits per heavy atom. The zero-order valence-electron chi connectivity index (χ0n) is 12.7. The van der Waals surface area contributed by atoms with Crippen LogP contribution in [0.25, 0.3) is 0 Å². The second kappa shape index (κ2) is 8.90. The van der Waals surface area contributed by atoms with E-state index in [1.54, 1.807) is 7.11 Å². The fourth-order valence-corrected chi connectivity index (χ4v) is 1.88. The molecule has 0 aliphatic carbocycles. The molecular weight excluding hydrogens is 212 g/mol. The van der Waals surface area contributed by atoms with Gasteiger partial charge in [-0.1, -0.05) is 13.3 Å². The summed E-state index contributed by atoms with van der Waals surface area (Å²) in [6.07, 6.45) is 3.61. The van der Waals surface area contributed by atoms with Crippen molar-refractivity contribution >= 4 is 0 Å². The summed E-state index contributed by atoms with van der Waals surface area (Å²) in [5.41, 5.74) is 0.208. The maximum absolute atomic E-state index is 5.10. The van der Waals surface area contributed by atoms with Crippen LogP contribution in [0, 0.1) is 0 Å². The molecule has 0 spiro atoms. The Hall–Kier alpha value is -0.120. The first-order valence-corrected chi connectivity index (χ1v) is 6.85. The smallest absolute Gasteiger partial charge is 0.0474 e. The average Bonchev–Trinajstić information content (AvgIpc) is 2.23. The van der Waals surface area contributed by atoms with Crippen molar-refractivity contribution in [2.75, 3.05) is 33.9 Å². The van der Waals surface area contributed by atoms with Crippen molar-refractivity contribution in [1.82, 2.24) is 10.2 Å². The largest absolute Gasteiger partial charge is 0.385 e. The summed E-state index contributed by atoms with van der Waals surface area (Å²) in [5.74, 6) is 0. The highest BCUT2D eigenvalue weighted by molar-refractivity contribution is 4.77. The molecule has 0 saturated heterocycles. The van der Waals surface area contributed by atoms with E-state index >= 15 is 0 Å². The van der Waals surface area contributed by atoms with Gasteiger partial charge in [0.1, 0.15) is 0 Å². The number of rotatable bonds is 9. The van der Waals surface area contributed by atoms with Crippen molar-refractivity contribution in [2.45, 2.75) is 58.5 Å². The molecule has 3 nitrogen and oxygen atoms in total. The van der Waals surface area contributed by atoms with E-state index in [0.717, 1.165) is 26.1 Å². The third-order valence-corrected chi connectivity index (χ3v) is 2.97. The fourth-order valence-electron chi connectivity index (χ4n) is 1.88. The predicted molar refractivity (Wildman–Crippen MR) is 75.6 cm³/mol. The van der Waals surface area contributed by atoms with Crippen LogP contribution in [-0.2, 0) is 4.74 Å². The van der Waals surface area contributed by atoms with Gasteiger partial charge in [-0.3, -0.25) is 0 Å². The van der Waals surface area contributed by atoms with Gasteiger partial charge in [0.05, 0.1) is 0 Å². The quantitative estimate of drug-likeness (QED) is 0.631. The third-order valence-electron chi connectivity index (χ3n) is 2.97. The van der Waals surface area contributed by atoms with Gasteiger partial charge in [-0.05, 0) is 40.7 Å².